The van der Waals surface area contributed by atoms with E-state index in [2.05, 4.69) is 31.2 Å². The third-order valence-electron chi connectivity index (χ3n) is 5.71. The van der Waals surface area contributed by atoms with Gasteiger partial charge in [-0.05, 0) is 61.6 Å². The fourth-order valence-corrected chi connectivity index (χ4v) is 4.88. The highest BCUT2D eigenvalue weighted by Gasteiger charge is 2.23. The summed E-state index contributed by atoms with van der Waals surface area (Å²) in [6.45, 7) is 2.05. The molecule has 32 heavy (non-hydrogen) atoms. The molecule has 0 saturated carbocycles. The van der Waals surface area contributed by atoms with E-state index >= 15 is 0 Å². The number of aromatic nitrogens is 3. The van der Waals surface area contributed by atoms with Crippen LogP contribution in [0, 0.1) is 5.92 Å². The molecule has 1 aliphatic heterocycles. The molecule has 8 heteroatoms. The number of anilines is 3. The average Bonchev–Trinajstić information content (AvgIpc) is 3.24. The summed E-state index contributed by atoms with van der Waals surface area (Å²) in [7, 11) is 0. The van der Waals surface area contributed by atoms with Gasteiger partial charge in [0.2, 0.25) is 0 Å². The molecule has 3 heterocycles. The van der Waals surface area contributed by atoms with Crippen LogP contribution < -0.4 is 15.0 Å². The minimum atomic E-state index is 0.258. The molecule has 1 saturated heterocycles. The van der Waals surface area contributed by atoms with Gasteiger partial charge in [-0.3, -0.25) is 0 Å². The second kappa shape index (κ2) is 9.50. The van der Waals surface area contributed by atoms with Gasteiger partial charge in [-0.25, -0.2) is 15.0 Å². The topological polar surface area (TPSA) is 83.4 Å². The number of benzene rings is 2. The lowest BCUT2D eigenvalue weighted by Gasteiger charge is -2.32. The molecule has 5 rings (SSSR count). The van der Waals surface area contributed by atoms with E-state index in [1.807, 2.05) is 42.5 Å². The maximum absolute atomic E-state index is 9.18. The molecule has 1 fully saturated rings. The molecule has 2 aromatic carbocycles. The number of ether oxygens (including phenoxy) is 1. The van der Waals surface area contributed by atoms with E-state index in [-0.39, 0.29) is 6.61 Å². The number of thiazole rings is 1. The zero-order valence-electron chi connectivity index (χ0n) is 17.6. The molecule has 0 radical (unpaired) electrons. The fraction of sp³-hybridized carbons (Fsp3) is 0.292. The van der Waals surface area contributed by atoms with Gasteiger partial charge in [0.15, 0.2) is 10.9 Å². The number of aliphatic hydroxyl groups is 1. The van der Waals surface area contributed by atoms with Crippen molar-refractivity contribution >= 4 is 38.2 Å². The lowest BCUT2D eigenvalue weighted by Crippen LogP contribution is -2.34. The van der Waals surface area contributed by atoms with E-state index in [0.717, 1.165) is 59.2 Å². The quantitative estimate of drug-likeness (QED) is 0.402. The van der Waals surface area contributed by atoms with E-state index in [1.165, 1.54) is 0 Å². The molecule has 2 N–H and O–H groups in total. The van der Waals surface area contributed by atoms with Crippen LogP contribution in [-0.4, -0.2) is 39.8 Å². The molecule has 0 atom stereocenters. The highest BCUT2D eigenvalue weighted by atomic mass is 32.1. The number of hydrogen-bond donors (Lipinski definition) is 2. The number of fused-ring (bicyclic) bond motifs is 1. The Morgan fingerprint density at radius 2 is 1.81 bits per heavy atom. The molecule has 0 amide bonds. The molecule has 164 valence electrons. The van der Waals surface area contributed by atoms with Gasteiger partial charge in [0.25, 0.3) is 5.88 Å². The summed E-state index contributed by atoms with van der Waals surface area (Å²) in [5.74, 6) is 2.57. The molecule has 7 nitrogen and oxygen atoms in total. The van der Waals surface area contributed by atoms with E-state index < -0.39 is 0 Å². The summed E-state index contributed by atoms with van der Waals surface area (Å²) < 4.78 is 7.25. The average molecular weight is 448 g/mol. The standard InChI is InChI=1S/C24H25N5O2S/c30-16-11-17-9-14-29(15-10-17)22-23(26-13-12-25-22)31-19-7-5-18(6-8-19)27-24-28-20-3-1-2-4-21(20)32-24/h1-8,12-13,17,30H,9-11,14-16H2,(H,27,28). The van der Waals surface area contributed by atoms with Crippen molar-refractivity contribution in [1.82, 2.24) is 15.0 Å². The van der Waals surface area contributed by atoms with Crippen molar-refractivity contribution in [3.05, 3.63) is 60.9 Å². The van der Waals surface area contributed by atoms with Crippen LogP contribution in [0.1, 0.15) is 19.3 Å². The summed E-state index contributed by atoms with van der Waals surface area (Å²) in [6, 6.07) is 15.9. The van der Waals surface area contributed by atoms with Crippen LogP contribution in [0.2, 0.25) is 0 Å². The highest BCUT2D eigenvalue weighted by molar-refractivity contribution is 7.22. The summed E-state index contributed by atoms with van der Waals surface area (Å²) in [5.41, 5.74) is 1.94. The van der Waals surface area contributed by atoms with Gasteiger partial charge in [0.05, 0.1) is 10.2 Å². The van der Waals surface area contributed by atoms with Gasteiger partial charge >= 0.3 is 0 Å². The van der Waals surface area contributed by atoms with Crippen LogP contribution in [0.15, 0.2) is 60.9 Å². The van der Waals surface area contributed by atoms with Crippen LogP contribution in [0.25, 0.3) is 10.2 Å². The zero-order chi connectivity index (χ0) is 21.8. The Labute approximate surface area is 190 Å². The Balaban J connectivity index is 1.26. The second-order valence-electron chi connectivity index (χ2n) is 7.87. The van der Waals surface area contributed by atoms with Crippen LogP contribution in [0.5, 0.6) is 11.6 Å². The van der Waals surface area contributed by atoms with Crippen molar-refractivity contribution in [2.24, 2.45) is 5.92 Å². The number of nitrogens with zero attached hydrogens (tertiary/aromatic N) is 4. The molecule has 0 bridgehead atoms. The van der Waals surface area contributed by atoms with E-state index in [0.29, 0.717) is 17.5 Å². The number of aliphatic hydroxyl groups excluding tert-OH is 1. The Hall–Kier alpha value is -3.23. The number of rotatable bonds is 7. The lowest BCUT2D eigenvalue weighted by molar-refractivity contribution is 0.240. The van der Waals surface area contributed by atoms with Gasteiger partial charge in [-0.1, -0.05) is 23.5 Å². The van der Waals surface area contributed by atoms with Crippen molar-refractivity contribution in [2.45, 2.75) is 19.3 Å². The van der Waals surface area contributed by atoms with Crippen molar-refractivity contribution in [3.8, 4) is 11.6 Å². The summed E-state index contributed by atoms with van der Waals surface area (Å²) in [4.78, 5) is 15.8. The minimum Gasteiger partial charge on any atom is -0.436 e. The predicted molar refractivity (Wildman–Crippen MR) is 128 cm³/mol. The Morgan fingerprint density at radius 3 is 2.59 bits per heavy atom. The zero-order valence-corrected chi connectivity index (χ0v) is 18.5. The van der Waals surface area contributed by atoms with Gasteiger partial charge in [-0.15, -0.1) is 0 Å². The first kappa shape index (κ1) is 20.7. The SMILES string of the molecule is OCCC1CCN(c2nccnc2Oc2ccc(Nc3nc4ccccc4s3)cc2)CC1. The molecule has 0 unspecified atom stereocenters. The number of para-hydroxylation sites is 1. The smallest absolute Gasteiger partial charge is 0.263 e. The molecule has 0 aliphatic carbocycles. The van der Waals surface area contributed by atoms with Crippen LogP contribution in [0.4, 0.5) is 16.6 Å². The van der Waals surface area contributed by atoms with Crippen molar-refractivity contribution in [2.75, 3.05) is 29.9 Å². The number of piperidine rings is 1. The van der Waals surface area contributed by atoms with Crippen molar-refractivity contribution in [3.63, 3.8) is 0 Å². The fourth-order valence-electron chi connectivity index (χ4n) is 3.99. The number of hydrogen-bond acceptors (Lipinski definition) is 8. The first-order valence-electron chi connectivity index (χ1n) is 10.9. The molecular weight excluding hydrogens is 422 g/mol. The molecule has 2 aromatic heterocycles. The first-order valence-corrected chi connectivity index (χ1v) is 11.7. The summed E-state index contributed by atoms with van der Waals surface area (Å²) in [6.07, 6.45) is 6.31. The van der Waals surface area contributed by atoms with E-state index in [1.54, 1.807) is 23.7 Å². The van der Waals surface area contributed by atoms with Crippen molar-refractivity contribution in [1.29, 1.82) is 0 Å². The van der Waals surface area contributed by atoms with Crippen molar-refractivity contribution < 1.29 is 9.84 Å². The predicted octanol–water partition coefficient (Wildman–Crippen LogP) is 5.22. The largest absolute Gasteiger partial charge is 0.436 e. The molecule has 1 aliphatic rings. The van der Waals surface area contributed by atoms with E-state index in [4.69, 9.17) is 4.74 Å². The third kappa shape index (κ3) is 4.66. The molecule has 0 spiro atoms. The van der Waals surface area contributed by atoms with E-state index in [9.17, 15) is 5.11 Å². The Kier molecular flexibility index (Phi) is 6.13. The van der Waals surface area contributed by atoms with Crippen LogP contribution >= 0.6 is 11.3 Å². The van der Waals surface area contributed by atoms with Gasteiger partial charge < -0.3 is 20.1 Å². The Morgan fingerprint density at radius 1 is 1.03 bits per heavy atom. The minimum absolute atomic E-state index is 0.258. The van der Waals surface area contributed by atoms with Gasteiger partial charge in [-0.2, -0.15) is 0 Å². The molecular formula is C24H25N5O2S. The normalized spacial score (nSPS) is 14.6. The highest BCUT2D eigenvalue weighted by Crippen LogP contribution is 2.33. The van der Waals surface area contributed by atoms with Crippen LogP contribution in [0.3, 0.4) is 0 Å². The summed E-state index contributed by atoms with van der Waals surface area (Å²) in [5, 5.41) is 13.4. The second-order valence-corrected chi connectivity index (χ2v) is 8.90. The third-order valence-corrected chi connectivity index (χ3v) is 6.66. The van der Waals surface area contributed by atoms with Crippen LogP contribution in [-0.2, 0) is 0 Å². The lowest BCUT2D eigenvalue weighted by atomic mass is 9.94. The monoisotopic (exact) mass is 447 g/mol. The summed E-state index contributed by atoms with van der Waals surface area (Å²) >= 11 is 1.63. The van der Waals surface area contributed by atoms with Gasteiger partial charge in [0.1, 0.15) is 5.75 Å². The first-order chi connectivity index (χ1) is 15.8. The maximum Gasteiger partial charge on any atom is 0.263 e. The Bertz CT molecular complexity index is 1140. The maximum atomic E-state index is 9.18. The number of nitrogens with one attached hydrogen (secondary N) is 1. The molecule has 4 aromatic rings. The van der Waals surface area contributed by atoms with Gasteiger partial charge in [0, 0.05) is 37.8 Å².